The summed E-state index contributed by atoms with van der Waals surface area (Å²) in [5.74, 6) is -0.0691. The van der Waals surface area contributed by atoms with E-state index in [2.05, 4.69) is 15.3 Å². The van der Waals surface area contributed by atoms with Crippen molar-refractivity contribution in [1.82, 2.24) is 14.9 Å². The van der Waals surface area contributed by atoms with Gasteiger partial charge in [0.25, 0.3) is 5.91 Å². The number of hydrogen-bond acceptors (Lipinski definition) is 4. The highest BCUT2D eigenvalue weighted by molar-refractivity contribution is 6.01. The van der Waals surface area contributed by atoms with Gasteiger partial charge in [-0.15, -0.1) is 0 Å². The Morgan fingerprint density at radius 3 is 2.69 bits per heavy atom. The maximum atomic E-state index is 14.6. The number of benzene rings is 1. The summed E-state index contributed by atoms with van der Waals surface area (Å²) < 4.78 is 30.2. The lowest BCUT2D eigenvalue weighted by Gasteiger charge is -2.60. The van der Waals surface area contributed by atoms with Gasteiger partial charge in [0, 0.05) is 29.5 Å². The molecule has 2 aromatic heterocycles. The van der Waals surface area contributed by atoms with Gasteiger partial charge < -0.3 is 15.3 Å². The average molecular weight is 493 g/mol. The lowest BCUT2D eigenvalue weighted by molar-refractivity contribution is -0.139. The molecule has 3 atom stereocenters. The summed E-state index contributed by atoms with van der Waals surface area (Å²) in [6.45, 7) is 0.719. The number of fused-ring (bicyclic) bond motifs is 1. The number of carbonyl (C=O) groups excluding carboxylic acids is 1. The molecule has 6 nitrogen and oxygen atoms in total. The molecule has 0 radical (unpaired) electrons. The van der Waals surface area contributed by atoms with E-state index in [4.69, 9.17) is 0 Å². The Labute approximate surface area is 208 Å². The van der Waals surface area contributed by atoms with Gasteiger partial charge >= 0.3 is 0 Å². The van der Waals surface area contributed by atoms with Gasteiger partial charge in [0.15, 0.2) is 0 Å². The number of rotatable bonds is 4. The predicted octanol–water partition coefficient (Wildman–Crippen LogP) is 4.77. The fourth-order valence-corrected chi connectivity index (χ4v) is 8.16. The number of aliphatic hydroxyl groups is 1. The zero-order valence-electron chi connectivity index (χ0n) is 20.1. The van der Waals surface area contributed by atoms with Crippen LogP contribution in [-0.2, 0) is 0 Å². The molecule has 1 saturated heterocycles. The third kappa shape index (κ3) is 3.52. The van der Waals surface area contributed by atoms with E-state index in [1.54, 1.807) is 10.7 Å². The second-order valence-corrected chi connectivity index (χ2v) is 11.7. The SMILES string of the molecule is O=C(NC12CC3CC(CC(O)(C3)C1)C2)c1cnn2ccc(N3CCCC3c3cc(F)ccc3F)cc12. The number of nitrogens with zero attached hydrogens (tertiary/aromatic N) is 3. The number of amides is 1. The van der Waals surface area contributed by atoms with Crippen LogP contribution in [0.3, 0.4) is 0 Å². The normalized spacial score (nSPS) is 33.0. The summed E-state index contributed by atoms with van der Waals surface area (Å²) in [5.41, 5.74) is 1.39. The van der Waals surface area contributed by atoms with Crippen LogP contribution >= 0.6 is 0 Å². The van der Waals surface area contributed by atoms with Crippen molar-refractivity contribution in [3.63, 3.8) is 0 Å². The van der Waals surface area contributed by atoms with Crippen LogP contribution in [0.4, 0.5) is 14.5 Å². The molecule has 0 spiro atoms. The van der Waals surface area contributed by atoms with Crippen LogP contribution < -0.4 is 10.2 Å². The minimum Gasteiger partial charge on any atom is -0.390 e. The van der Waals surface area contributed by atoms with Gasteiger partial charge in [-0.1, -0.05) is 0 Å². The maximum Gasteiger partial charge on any atom is 0.255 e. The molecule has 1 amide bonds. The zero-order chi connectivity index (χ0) is 24.7. The Bertz CT molecular complexity index is 1360. The number of aromatic nitrogens is 2. The summed E-state index contributed by atoms with van der Waals surface area (Å²) >= 11 is 0. The maximum absolute atomic E-state index is 14.6. The van der Waals surface area contributed by atoms with Crippen LogP contribution in [-0.4, -0.2) is 38.3 Å². The van der Waals surface area contributed by atoms with Gasteiger partial charge in [0.1, 0.15) is 11.6 Å². The van der Waals surface area contributed by atoms with E-state index in [1.807, 2.05) is 18.3 Å². The molecule has 4 bridgehead atoms. The van der Waals surface area contributed by atoms with Crippen LogP contribution in [0.1, 0.15) is 73.3 Å². The van der Waals surface area contributed by atoms with E-state index < -0.39 is 17.2 Å². The van der Waals surface area contributed by atoms with Crippen molar-refractivity contribution in [2.24, 2.45) is 11.8 Å². The molecule has 8 rings (SSSR count). The van der Waals surface area contributed by atoms with Crippen molar-refractivity contribution in [2.45, 2.75) is 68.5 Å². The predicted molar refractivity (Wildman–Crippen MR) is 131 cm³/mol. The monoisotopic (exact) mass is 492 g/mol. The molecule has 4 aliphatic carbocycles. The van der Waals surface area contributed by atoms with Gasteiger partial charge in [-0.3, -0.25) is 4.79 Å². The third-order valence-corrected chi connectivity index (χ3v) is 9.06. The second-order valence-electron chi connectivity index (χ2n) is 11.7. The van der Waals surface area contributed by atoms with E-state index in [-0.39, 0.29) is 17.5 Å². The van der Waals surface area contributed by atoms with Gasteiger partial charge in [0.2, 0.25) is 0 Å². The Hall–Kier alpha value is -3.00. The molecule has 3 heterocycles. The minimum atomic E-state index is -0.650. The first kappa shape index (κ1) is 22.2. The summed E-state index contributed by atoms with van der Waals surface area (Å²) in [6, 6.07) is 7.18. The Morgan fingerprint density at radius 2 is 1.92 bits per heavy atom. The molecule has 5 aliphatic rings. The van der Waals surface area contributed by atoms with E-state index in [1.165, 1.54) is 12.1 Å². The first-order valence-electron chi connectivity index (χ1n) is 13.0. The smallest absolute Gasteiger partial charge is 0.255 e. The second kappa shape index (κ2) is 7.75. The highest BCUT2D eigenvalue weighted by atomic mass is 19.1. The summed E-state index contributed by atoms with van der Waals surface area (Å²) in [5, 5.41) is 18.8. The molecule has 3 unspecified atom stereocenters. The van der Waals surface area contributed by atoms with Crippen LogP contribution in [0, 0.1) is 23.5 Å². The molecule has 36 heavy (non-hydrogen) atoms. The highest BCUT2D eigenvalue weighted by Gasteiger charge is 2.57. The third-order valence-electron chi connectivity index (χ3n) is 9.06. The topological polar surface area (TPSA) is 69.9 Å². The summed E-state index contributed by atoms with van der Waals surface area (Å²) in [4.78, 5) is 15.6. The molecule has 188 valence electrons. The molecular formula is C28H30F2N4O2. The molecule has 4 saturated carbocycles. The van der Waals surface area contributed by atoms with Crippen molar-refractivity contribution in [3.05, 3.63) is 65.5 Å². The molecule has 8 heteroatoms. The van der Waals surface area contributed by atoms with Gasteiger partial charge in [-0.05, 0) is 93.5 Å². The summed E-state index contributed by atoms with van der Waals surface area (Å²) in [6.07, 6.45) is 10.3. The number of nitrogens with one attached hydrogen (secondary N) is 1. The van der Waals surface area contributed by atoms with E-state index >= 15 is 0 Å². The van der Waals surface area contributed by atoms with E-state index in [0.29, 0.717) is 34.9 Å². The number of halogens is 2. The number of hydrogen-bond donors (Lipinski definition) is 2. The number of pyridine rings is 1. The molecular weight excluding hydrogens is 462 g/mol. The Balaban J connectivity index is 1.19. The quantitative estimate of drug-likeness (QED) is 0.551. The van der Waals surface area contributed by atoms with Crippen molar-refractivity contribution in [2.75, 3.05) is 11.4 Å². The van der Waals surface area contributed by atoms with Crippen LogP contribution in [0.2, 0.25) is 0 Å². The lowest BCUT2D eigenvalue weighted by Crippen LogP contribution is -2.65. The van der Waals surface area contributed by atoms with Gasteiger partial charge in [-0.2, -0.15) is 5.10 Å². The Morgan fingerprint density at radius 1 is 1.11 bits per heavy atom. The fraction of sp³-hybridized carbons (Fsp3) is 0.500. The first-order valence-corrected chi connectivity index (χ1v) is 13.0. The number of anilines is 1. The van der Waals surface area contributed by atoms with E-state index in [0.717, 1.165) is 63.2 Å². The largest absolute Gasteiger partial charge is 0.390 e. The molecule has 3 aromatic rings. The molecule has 1 aliphatic heterocycles. The average Bonchev–Trinajstić information content (AvgIpc) is 3.45. The number of carbonyl (C=O) groups is 1. The van der Waals surface area contributed by atoms with Crippen molar-refractivity contribution < 1.29 is 18.7 Å². The minimum absolute atomic E-state index is 0.165. The van der Waals surface area contributed by atoms with Crippen molar-refractivity contribution >= 4 is 17.1 Å². The standard InChI is InChI=1S/C28H30F2N4O2/c29-19-3-4-23(30)21(9-19)24-2-1-6-33(24)20-5-7-34-25(10-20)22(15-31-34)26(35)32-27-11-17-8-18(12-27)14-28(36,13-17)16-27/h3-5,7,9-10,15,17-18,24,36H,1-2,6,8,11-14,16H2,(H,32,35). The van der Waals surface area contributed by atoms with E-state index in [9.17, 15) is 18.7 Å². The van der Waals surface area contributed by atoms with Gasteiger partial charge in [0.05, 0.1) is 28.9 Å². The first-order chi connectivity index (χ1) is 17.3. The highest BCUT2D eigenvalue weighted by Crippen LogP contribution is 2.57. The summed E-state index contributed by atoms with van der Waals surface area (Å²) in [7, 11) is 0. The fourth-order valence-electron chi connectivity index (χ4n) is 8.16. The van der Waals surface area contributed by atoms with Crippen LogP contribution in [0.15, 0.2) is 42.7 Å². The lowest BCUT2D eigenvalue weighted by atomic mass is 9.51. The molecule has 1 aromatic carbocycles. The van der Waals surface area contributed by atoms with Crippen molar-refractivity contribution in [3.8, 4) is 0 Å². The molecule has 5 fully saturated rings. The zero-order valence-corrected chi connectivity index (χ0v) is 20.1. The Kier molecular flexibility index (Phi) is 4.78. The van der Waals surface area contributed by atoms with Crippen LogP contribution in [0.25, 0.3) is 5.52 Å². The van der Waals surface area contributed by atoms with Crippen LogP contribution in [0.5, 0.6) is 0 Å². The van der Waals surface area contributed by atoms with Gasteiger partial charge in [-0.25, -0.2) is 13.3 Å². The molecule has 2 N–H and O–H groups in total. The van der Waals surface area contributed by atoms with Crippen molar-refractivity contribution in [1.29, 1.82) is 0 Å².